The molecule has 140 valence electrons. The monoisotopic (exact) mass is 346 g/mol. The molecule has 1 saturated heterocycles. The summed E-state index contributed by atoms with van der Waals surface area (Å²) < 4.78 is 11.9. The van der Waals surface area contributed by atoms with Gasteiger partial charge in [0.2, 0.25) is 0 Å². The van der Waals surface area contributed by atoms with Crippen molar-refractivity contribution in [3.8, 4) is 0 Å². The van der Waals surface area contributed by atoms with Crippen LogP contribution in [0, 0.1) is 5.92 Å². The molecule has 0 unspecified atom stereocenters. The smallest absolute Gasteiger partial charge is 0.302 e. The summed E-state index contributed by atoms with van der Waals surface area (Å²) in [6, 6.07) is 0. The molecule has 2 aliphatic heterocycles. The first kappa shape index (κ1) is 20.0. The molecule has 3 nitrogen and oxygen atoms in total. The predicted octanol–water partition coefficient (Wildman–Crippen LogP) is 5.52. The van der Waals surface area contributed by atoms with Crippen molar-refractivity contribution in [2.24, 2.45) is 5.92 Å². The molecule has 0 aliphatic carbocycles. The van der Waals surface area contributed by atoms with Crippen LogP contribution < -0.4 is 0 Å². The Labute approximate surface area is 153 Å². The molecule has 0 saturated carbocycles. The molecule has 0 aromatic rings. The van der Waals surface area contributed by atoms with Crippen LogP contribution in [0.25, 0.3) is 0 Å². The number of allylic oxidation sites excluding steroid dienone is 3. The highest BCUT2D eigenvalue weighted by atomic mass is 16.5. The summed E-state index contributed by atoms with van der Waals surface area (Å²) in [5, 5.41) is 0. The Hall–Kier alpha value is -1.35. The van der Waals surface area contributed by atoms with Gasteiger partial charge in [0.1, 0.15) is 6.61 Å². The fourth-order valence-electron chi connectivity index (χ4n) is 3.73. The summed E-state index contributed by atoms with van der Waals surface area (Å²) in [4.78, 5) is 11.2. The number of rotatable bonds is 3. The molecule has 3 heteroatoms. The number of hydrogen-bond donors (Lipinski definition) is 0. The van der Waals surface area contributed by atoms with Gasteiger partial charge in [-0.05, 0) is 63.9 Å². The molecule has 2 heterocycles. The summed E-state index contributed by atoms with van der Waals surface area (Å²) in [6.45, 7) is 10.7. The zero-order valence-electron chi connectivity index (χ0n) is 16.6. The standard InChI is InChI=1S/C22H34O3/c1-17(2)22-13-11-20(16-24-19(4)23)10-6-8-18(3)9-7-12-21(5,25-22)14-15-22/h9-11,13,17H,6-8,12,14-16H2,1-5H3/b13-11+,18-9+,20-10-/t21-,22-/m1/s1. The highest BCUT2D eigenvalue weighted by Crippen LogP contribution is 2.45. The third-order valence-corrected chi connectivity index (χ3v) is 5.59. The molecular weight excluding hydrogens is 312 g/mol. The van der Waals surface area contributed by atoms with Crippen molar-refractivity contribution < 1.29 is 14.3 Å². The van der Waals surface area contributed by atoms with E-state index in [1.54, 1.807) is 0 Å². The molecule has 0 amide bonds. The first-order valence-corrected chi connectivity index (χ1v) is 9.62. The average Bonchev–Trinajstić information content (AvgIpc) is 2.88. The molecule has 25 heavy (non-hydrogen) atoms. The molecule has 2 rings (SSSR count). The molecule has 1 fully saturated rings. The van der Waals surface area contributed by atoms with Gasteiger partial charge in [0.25, 0.3) is 0 Å². The average molecular weight is 347 g/mol. The second-order valence-electron chi connectivity index (χ2n) is 8.18. The van der Waals surface area contributed by atoms with Gasteiger partial charge >= 0.3 is 5.97 Å². The van der Waals surface area contributed by atoms with Gasteiger partial charge in [-0.25, -0.2) is 0 Å². The fraction of sp³-hybridized carbons (Fsp3) is 0.682. The number of esters is 1. The van der Waals surface area contributed by atoms with Crippen LogP contribution in [0.3, 0.4) is 0 Å². The zero-order valence-corrected chi connectivity index (χ0v) is 16.6. The van der Waals surface area contributed by atoms with Crippen molar-refractivity contribution in [2.75, 3.05) is 6.61 Å². The number of carbonyl (C=O) groups excluding carboxylic acids is 1. The highest BCUT2D eigenvalue weighted by molar-refractivity contribution is 5.66. The summed E-state index contributed by atoms with van der Waals surface area (Å²) in [7, 11) is 0. The van der Waals surface area contributed by atoms with Crippen LogP contribution in [-0.4, -0.2) is 23.8 Å². The van der Waals surface area contributed by atoms with Gasteiger partial charge in [0, 0.05) is 6.92 Å². The quantitative estimate of drug-likeness (QED) is 0.499. The number of fused-ring (bicyclic) bond motifs is 2. The molecule has 0 radical (unpaired) electrons. The lowest BCUT2D eigenvalue weighted by atomic mass is 9.85. The second-order valence-corrected chi connectivity index (χ2v) is 8.18. The molecule has 0 spiro atoms. The molecule has 2 aliphatic rings. The van der Waals surface area contributed by atoms with Crippen LogP contribution in [0.1, 0.15) is 73.1 Å². The van der Waals surface area contributed by atoms with E-state index in [1.165, 1.54) is 12.5 Å². The Balaban J connectivity index is 2.30. The molecule has 2 atom stereocenters. The van der Waals surface area contributed by atoms with Crippen molar-refractivity contribution in [3.63, 3.8) is 0 Å². The largest absolute Gasteiger partial charge is 0.461 e. The Bertz CT molecular complexity index is 570. The van der Waals surface area contributed by atoms with E-state index in [9.17, 15) is 4.79 Å². The third-order valence-electron chi connectivity index (χ3n) is 5.59. The zero-order chi connectivity index (χ0) is 18.5. The molecule has 0 aromatic heterocycles. The maximum atomic E-state index is 11.2. The summed E-state index contributed by atoms with van der Waals surface area (Å²) in [5.74, 6) is 0.166. The van der Waals surface area contributed by atoms with Gasteiger partial charge in [0.05, 0.1) is 11.2 Å². The van der Waals surface area contributed by atoms with E-state index in [-0.39, 0.29) is 17.2 Å². The maximum Gasteiger partial charge on any atom is 0.302 e. The topological polar surface area (TPSA) is 35.5 Å². The van der Waals surface area contributed by atoms with Crippen molar-refractivity contribution in [3.05, 3.63) is 35.5 Å². The first-order valence-electron chi connectivity index (χ1n) is 9.62. The summed E-state index contributed by atoms with van der Waals surface area (Å²) in [5.41, 5.74) is 2.19. The Kier molecular flexibility index (Phi) is 6.67. The van der Waals surface area contributed by atoms with E-state index in [1.807, 2.05) is 0 Å². The van der Waals surface area contributed by atoms with Gasteiger partial charge in [-0.1, -0.05) is 43.7 Å². The Morgan fingerprint density at radius 3 is 2.68 bits per heavy atom. The Morgan fingerprint density at radius 1 is 1.24 bits per heavy atom. The summed E-state index contributed by atoms with van der Waals surface area (Å²) in [6.07, 6.45) is 15.2. The van der Waals surface area contributed by atoms with Gasteiger partial charge in [0.15, 0.2) is 0 Å². The van der Waals surface area contributed by atoms with E-state index in [4.69, 9.17) is 9.47 Å². The van der Waals surface area contributed by atoms with Crippen LogP contribution in [0.2, 0.25) is 0 Å². The van der Waals surface area contributed by atoms with Crippen LogP contribution in [0.15, 0.2) is 35.5 Å². The van der Waals surface area contributed by atoms with Crippen molar-refractivity contribution in [2.45, 2.75) is 84.3 Å². The van der Waals surface area contributed by atoms with E-state index >= 15 is 0 Å². The number of carbonyl (C=O) groups is 1. The van der Waals surface area contributed by atoms with Gasteiger partial charge in [-0.15, -0.1) is 0 Å². The van der Waals surface area contributed by atoms with E-state index in [0.29, 0.717) is 12.5 Å². The predicted molar refractivity (Wildman–Crippen MR) is 102 cm³/mol. The lowest BCUT2D eigenvalue weighted by Gasteiger charge is -2.34. The lowest BCUT2D eigenvalue weighted by Crippen LogP contribution is -2.36. The van der Waals surface area contributed by atoms with Gasteiger partial charge < -0.3 is 9.47 Å². The SMILES string of the molecule is CC(=O)OCC1=C\CC/C(C)=C/CC[C@]2(C)CC[C@@](C(C)C)(\C=C\1)O2. The fourth-order valence-corrected chi connectivity index (χ4v) is 3.73. The van der Waals surface area contributed by atoms with Gasteiger partial charge in [-0.2, -0.15) is 0 Å². The molecule has 2 bridgehead atoms. The van der Waals surface area contributed by atoms with Crippen LogP contribution in [0.5, 0.6) is 0 Å². The van der Waals surface area contributed by atoms with Crippen LogP contribution in [0.4, 0.5) is 0 Å². The molecule has 0 N–H and O–H groups in total. The summed E-state index contributed by atoms with van der Waals surface area (Å²) >= 11 is 0. The Morgan fingerprint density at radius 2 is 2.00 bits per heavy atom. The van der Waals surface area contributed by atoms with Crippen molar-refractivity contribution in [1.29, 1.82) is 0 Å². The number of hydrogen-bond acceptors (Lipinski definition) is 3. The van der Waals surface area contributed by atoms with Crippen molar-refractivity contribution in [1.82, 2.24) is 0 Å². The third kappa shape index (κ3) is 5.57. The normalized spacial score (nSPS) is 36.2. The molecular formula is C22H34O3. The maximum absolute atomic E-state index is 11.2. The van der Waals surface area contributed by atoms with E-state index in [2.05, 4.69) is 52.0 Å². The minimum Gasteiger partial charge on any atom is -0.461 e. The van der Waals surface area contributed by atoms with Crippen LogP contribution >= 0.6 is 0 Å². The minimum absolute atomic E-state index is 0.0563. The van der Waals surface area contributed by atoms with Gasteiger partial charge in [-0.3, -0.25) is 4.79 Å². The first-order chi connectivity index (χ1) is 11.7. The van der Waals surface area contributed by atoms with Crippen molar-refractivity contribution >= 4 is 5.97 Å². The van der Waals surface area contributed by atoms with Crippen LogP contribution in [-0.2, 0) is 14.3 Å². The van der Waals surface area contributed by atoms with E-state index in [0.717, 1.165) is 44.1 Å². The number of ether oxygens (including phenoxy) is 2. The minimum atomic E-state index is -0.239. The highest BCUT2D eigenvalue weighted by Gasteiger charge is 2.46. The lowest BCUT2D eigenvalue weighted by molar-refractivity contribution is -0.139. The molecule has 0 aromatic carbocycles. The second kappa shape index (κ2) is 8.35. The van der Waals surface area contributed by atoms with E-state index < -0.39 is 0 Å².